The third-order valence-electron chi connectivity index (χ3n) is 5.75. The van der Waals surface area contributed by atoms with Crippen LogP contribution in [0.2, 0.25) is 0 Å². The maximum absolute atomic E-state index is 12.9. The molecule has 1 aliphatic carbocycles. The molecule has 0 atom stereocenters. The molecule has 0 saturated carbocycles. The van der Waals surface area contributed by atoms with E-state index in [1.54, 1.807) is 31.1 Å². The highest BCUT2D eigenvalue weighted by Crippen LogP contribution is 2.40. The van der Waals surface area contributed by atoms with Gasteiger partial charge in [0.05, 0.1) is 6.26 Å². The van der Waals surface area contributed by atoms with E-state index in [9.17, 15) is 27.3 Å². The summed E-state index contributed by atoms with van der Waals surface area (Å²) in [6.07, 6.45) is 3.07. The number of Topliss-reactive ketones (excluding diaryl/α,β-unsaturated/α-hetero) is 1. The summed E-state index contributed by atoms with van der Waals surface area (Å²) in [4.78, 5) is 14.4. The van der Waals surface area contributed by atoms with Crippen LogP contribution in [0.3, 0.4) is 0 Å². The van der Waals surface area contributed by atoms with Gasteiger partial charge >= 0.3 is 0 Å². The van der Waals surface area contributed by atoms with Crippen LogP contribution in [-0.4, -0.2) is 69.9 Å². The van der Waals surface area contributed by atoms with Gasteiger partial charge in [-0.3, -0.25) is 4.79 Å². The van der Waals surface area contributed by atoms with E-state index < -0.39 is 23.1 Å². The normalized spacial score (nSPS) is 17.5. The molecule has 0 radical (unpaired) electrons. The van der Waals surface area contributed by atoms with Crippen LogP contribution in [0.15, 0.2) is 29.5 Å². The van der Waals surface area contributed by atoms with Gasteiger partial charge in [-0.1, -0.05) is 6.07 Å². The standard InChI is InChI=1S/C23H27F2N3O4S/c1-27(2)13-19(12-26)23(29)18-8-16-10-20(15-4-6-28(7-5-15)33(3,30)31)21(11-17(16)9-18)32-14-22(24)25/h9-11,13,15,22H,4-8,14H2,1-3H3/b19-13+. The van der Waals surface area contributed by atoms with Crippen LogP contribution in [0, 0.1) is 11.3 Å². The first kappa shape index (κ1) is 24.9. The Bertz CT molecular complexity index is 1130. The minimum absolute atomic E-state index is 0.0154. The summed E-state index contributed by atoms with van der Waals surface area (Å²) >= 11 is 0. The van der Waals surface area contributed by atoms with Crippen LogP contribution in [-0.2, 0) is 21.2 Å². The average Bonchev–Trinajstić information content (AvgIpc) is 3.17. The summed E-state index contributed by atoms with van der Waals surface area (Å²) in [6, 6.07) is 5.46. The van der Waals surface area contributed by atoms with Crippen LogP contribution in [0.4, 0.5) is 8.78 Å². The number of piperidine rings is 1. The number of alkyl halides is 2. The zero-order valence-corrected chi connectivity index (χ0v) is 19.7. The second-order valence-corrected chi connectivity index (χ2v) is 10.5. The van der Waals surface area contributed by atoms with Crippen molar-refractivity contribution in [3.05, 3.63) is 46.2 Å². The second kappa shape index (κ2) is 10.0. The van der Waals surface area contributed by atoms with Gasteiger partial charge in [-0.2, -0.15) is 5.26 Å². The van der Waals surface area contributed by atoms with Crippen molar-refractivity contribution in [1.29, 1.82) is 5.26 Å². The van der Waals surface area contributed by atoms with Crippen LogP contribution in [0.1, 0.15) is 35.4 Å². The number of carbonyl (C=O) groups is 1. The third-order valence-corrected chi connectivity index (χ3v) is 7.06. The summed E-state index contributed by atoms with van der Waals surface area (Å²) in [5, 5.41) is 9.35. The molecule has 0 aromatic heterocycles. The van der Waals surface area contributed by atoms with Gasteiger partial charge in [-0.15, -0.1) is 0 Å². The predicted octanol–water partition coefficient (Wildman–Crippen LogP) is 2.95. The van der Waals surface area contributed by atoms with Gasteiger partial charge in [0.15, 0.2) is 0 Å². The zero-order valence-electron chi connectivity index (χ0n) is 18.8. The average molecular weight is 480 g/mol. The number of halogens is 2. The molecule has 0 spiro atoms. The Morgan fingerprint density at radius 3 is 2.55 bits per heavy atom. The van der Waals surface area contributed by atoms with Crippen molar-refractivity contribution in [2.24, 2.45) is 0 Å². The van der Waals surface area contributed by atoms with Crippen molar-refractivity contribution in [3.63, 3.8) is 0 Å². The number of rotatable bonds is 8. The van der Waals surface area contributed by atoms with Crippen molar-refractivity contribution in [2.75, 3.05) is 40.0 Å². The van der Waals surface area contributed by atoms with E-state index >= 15 is 0 Å². The topological polar surface area (TPSA) is 90.7 Å². The van der Waals surface area contributed by atoms with E-state index in [1.165, 1.54) is 16.8 Å². The van der Waals surface area contributed by atoms with Crippen LogP contribution < -0.4 is 4.74 Å². The highest BCUT2D eigenvalue weighted by atomic mass is 32.2. The molecule has 1 saturated heterocycles. The lowest BCUT2D eigenvalue weighted by Gasteiger charge is -2.31. The summed E-state index contributed by atoms with van der Waals surface area (Å²) < 4.78 is 56.2. The van der Waals surface area contributed by atoms with Crippen LogP contribution >= 0.6 is 0 Å². The number of fused-ring (bicyclic) bond motifs is 1. The molecule has 33 heavy (non-hydrogen) atoms. The lowest BCUT2D eigenvalue weighted by Crippen LogP contribution is -2.37. The molecule has 0 N–H and O–H groups in total. The van der Waals surface area contributed by atoms with Gasteiger partial charge in [0, 0.05) is 45.4 Å². The number of nitrogens with zero attached hydrogens (tertiary/aromatic N) is 3. The van der Waals surface area contributed by atoms with E-state index in [0.29, 0.717) is 49.2 Å². The Morgan fingerprint density at radius 1 is 1.33 bits per heavy atom. The van der Waals surface area contributed by atoms with Gasteiger partial charge < -0.3 is 9.64 Å². The highest BCUT2D eigenvalue weighted by molar-refractivity contribution is 7.88. The lowest BCUT2D eigenvalue weighted by molar-refractivity contribution is -0.111. The van der Waals surface area contributed by atoms with Crippen molar-refractivity contribution in [2.45, 2.75) is 31.6 Å². The molecule has 0 bridgehead atoms. The summed E-state index contributed by atoms with van der Waals surface area (Å²) in [5.41, 5.74) is 2.76. The highest BCUT2D eigenvalue weighted by Gasteiger charge is 2.30. The molecule has 1 fully saturated rings. The molecular weight excluding hydrogens is 452 g/mol. The van der Waals surface area contributed by atoms with E-state index in [0.717, 1.165) is 11.1 Å². The van der Waals surface area contributed by atoms with Crippen molar-refractivity contribution >= 4 is 21.9 Å². The van der Waals surface area contributed by atoms with Crippen LogP contribution in [0.25, 0.3) is 6.08 Å². The lowest BCUT2D eigenvalue weighted by atomic mass is 9.87. The first-order valence-electron chi connectivity index (χ1n) is 10.6. The Kier molecular flexibility index (Phi) is 7.55. The smallest absolute Gasteiger partial charge is 0.272 e. The summed E-state index contributed by atoms with van der Waals surface area (Å²) in [5.74, 6) is -0.106. The third kappa shape index (κ3) is 5.97. The maximum atomic E-state index is 12.9. The Hall–Kier alpha value is -2.77. The summed E-state index contributed by atoms with van der Waals surface area (Å²) in [7, 11) is 0.150. The number of benzene rings is 1. The van der Waals surface area contributed by atoms with Gasteiger partial charge in [0.2, 0.25) is 15.8 Å². The number of hydrogen-bond donors (Lipinski definition) is 0. The van der Waals surface area contributed by atoms with E-state index in [1.807, 2.05) is 12.1 Å². The molecule has 1 heterocycles. The Balaban J connectivity index is 1.89. The molecule has 178 valence electrons. The molecule has 1 aromatic rings. The number of nitriles is 1. The molecule has 1 aromatic carbocycles. The molecule has 3 rings (SSSR count). The molecule has 0 unspecified atom stereocenters. The monoisotopic (exact) mass is 479 g/mol. The SMILES string of the molecule is CN(C)/C=C(\C#N)C(=O)C1=Cc2cc(OCC(F)F)c(C3CCN(S(C)(=O)=O)CC3)cc2C1. The Labute approximate surface area is 193 Å². The predicted molar refractivity (Wildman–Crippen MR) is 120 cm³/mol. The minimum Gasteiger partial charge on any atom is -0.487 e. The quantitative estimate of drug-likeness (QED) is 0.421. The summed E-state index contributed by atoms with van der Waals surface area (Å²) in [6.45, 7) is -0.0664. The fourth-order valence-corrected chi connectivity index (χ4v) is 5.08. The number of allylic oxidation sites excluding steroid dienone is 2. The molecule has 10 heteroatoms. The largest absolute Gasteiger partial charge is 0.487 e. The fourth-order valence-electron chi connectivity index (χ4n) is 4.20. The maximum Gasteiger partial charge on any atom is 0.272 e. The van der Waals surface area contributed by atoms with Crippen LogP contribution in [0.5, 0.6) is 5.75 Å². The second-order valence-electron chi connectivity index (χ2n) is 8.52. The van der Waals surface area contributed by atoms with Crippen molar-refractivity contribution in [1.82, 2.24) is 9.21 Å². The molecule has 1 aliphatic heterocycles. The van der Waals surface area contributed by atoms with Crippen molar-refractivity contribution in [3.8, 4) is 11.8 Å². The minimum atomic E-state index is -3.29. The number of carbonyl (C=O) groups excluding carboxylic acids is 1. The van der Waals surface area contributed by atoms with Gasteiger partial charge in [-0.25, -0.2) is 21.5 Å². The van der Waals surface area contributed by atoms with Gasteiger partial charge in [0.25, 0.3) is 6.43 Å². The number of ether oxygens (including phenoxy) is 1. The van der Waals surface area contributed by atoms with Gasteiger partial charge in [-0.05, 0) is 47.6 Å². The molecular formula is C23H27F2N3O4S. The van der Waals surface area contributed by atoms with E-state index in [4.69, 9.17) is 4.74 Å². The first-order valence-corrected chi connectivity index (χ1v) is 12.4. The number of ketones is 1. The molecule has 0 amide bonds. The van der Waals surface area contributed by atoms with Crippen molar-refractivity contribution < 1.29 is 26.7 Å². The fraction of sp³-hybridized carbons (Fsp3) is 0.478. The van der Waals surface area contributed by atoms with E-state index in [2.05, 4.69) is 0 Å². The molecule has 7 nitrogen and oxygen atoms in total. The number of sulfonamides is 1. The van der Waals surface area contributed by atoms with E-state index in [-0.39, 0.29) is 17.3 Å². The van der Waals surface area contributed by atoms with Gasteiger partial charge in [0.1, 0.15) is 24.0 Å². The number of hydrogen-bond acceptors (Lipinski definition) is 6. The Morgan fingerprint density at radius 2 is 2.00 bits per heavy atom. The zero-order chi connectivity index (χ0) is 24.3. The molecule has 2 aliphatic rings. The first-order chi connectivity index (χ1) is 15.5.